The van der Waals surface area contributed by atoms with E-state index in [1.165, 1.54) is 32.7 Å². The lowest BCUT2D eigenvalue weighted by atomic mass is 9.78. The first-order valence-electron chi connectivity index (χ1n) is 13.4. The summed E-state index contributed by atoms with van der Waals surface area (Å²) < 4.78 is 12.5. The minimum absolute atomic E-state index is 0.0250. The molecule has 0 fully saturated rings. The molecule has 0 saturated carbocycles. The topological polar surface area (TPSA) is 38.7 Å². The predicted octanol–water partition coefficient (Wildman–Crippen LogP) is 8.46. The van der Waals surface area contributed by atoms with Gasteiger partial charge in [-0.1, -0.05) is 87.9 Å². The highest BCUT2D eigenvalue weighted by molar-refractivity contribution is 5.95. The van der Waals surface area contributed by atoms with E-state index < -0.39 is 0 Å². The Morgan fingerprint density at radius 1 is 0.919 bits per heavy atom. The lowest BCUT2D eigenvalue weighted by Gasteiger charge is -2.29. The molecule has 0 aliphatic heterocycles. The Bertz CT molecular complexity index is 1430. The van der Waals surface area contributed by atoms with Crippen LogP contribution in [0.4, 0.5) is 0 Å². The van der Waals surface area contributed by atoms with Crippen molar-refractivity contribution < 1.29 is 14.6 Å². The average molecular weight is 497 g/mol. The number of benzene rings is 4. The lowest BCUT2D eigenvalue weighted by molar-refractivity contribution is 0.197. The summed E-state index contributed by atoms with van der Waals surface area (Å²) in [5.41, 5.74) is 5.80. The molecule has 0 radical (unpaired) electrons. The highest BCUT2D eigenvalue weighted by Gasteiger charge is 2.27. The largest absolute Gasteiger partial charge is 0.496 e. The third-order valence-corrected chi connectivity index (χ3v) is 7.69. The molecule has 0 saturated heterocycles. The Hall–Kier alpha value is -3.30. The quantitative estimate of drug-likeness (QED) is 0.239. The van der Waals surface area contributed by atoms with Crippen LogP contribution in [0.5, 0.6) is 11.5 Å². The maximum atomic E-state index is 9.67. The molecular formula is C34H40O3. The molecular weight excluding hydrogens is 456 g/mol. The number of hydrogen-bond donors (Lipinski definition) is 1. The van der Waals surface area contributed by atoms with E-state index in [0.717, 1.165) is 41.0 Å². The number of ether oxygens (including phenoxy) is 2. The molecule has 0 heterocycles. The maximum absolute atomic E-state index is 9.67. The van der Waals surface area contributed by atoms with E-state index in [-0.39, 0.29) is 18.6 Å². The van der Waals surface area contributed by atoms with Crippen LogP contribution in [0.25, 0.3) is 27.6 Å². The summed E-state index contributed by atoms with van der Waals surface area (Å²) in [6.45, 7) is 11.3. The predicted molar refractivity (Wildman–Crippen MR) is 157 cm³/mol. The molecule has 3 nitrogen and oxygen atoms in total. The van der Waals surface area contributed by atoms with Gasteiger partial charge in [-0.3, -0.25) is 0 Å². The molecule has 4 aromatic rings. The standard InChI is InChI=1S/C34H40O3/c1-7-23(3)19-29-27-15-11-9-13-24(27)20-26(32(29)36-6)21-30-28-16-12-10-14-25(28)22-31(34(4,5)8-2)33(30)37-18-17-35/h9-16,19-20,22,35H,7-8,17-18,21H2,1-6H3/b23-19-. The molecule has 0 aromatic heterocycles. The van der Waals surface area contributed by atoms with Gasteiger partial charge >= 0.3 is 0 Å². The number of allylic oxidation sites excluding steroid dienone is 1. The third kappa shape index (κ3) is 5.38. The van der Waals surface area contributed by atoms with Gasteiger partial charge in [-0.15, -0.1) is 0 Å². The van der Waals surface area contributed by atoms with Crippen LogP contribution in [0.15, 0.2) is 66.2 Å². The van der Waals surface area contributed by atoms with Crippen molar-refractivity contribution >= 4 is 27.6 Å². The first kappa shape index (κ1) is 26.8. The number of aliphatic hydroxyl groups excluding tert-OH is 1. The van der Waals surface area contributed by atoms with Gasteiger partial charge in [-0.25, -0.2) is 0 Å². The molecule has 3 heteroatoms. The van der Waals surface area contributed by atoms with Crippen LogP contribution < -0.4 is 9.47 Å². The molecule has 0 spiro atoms. The van der Waals surface area contributed by atoms with Crippen molar-refractivity contribution in [3.05, 3.63) is 88.5 Å². The summed E-state index contributed by atoms with van der Waals surface area (Å²) >= 11 is 0. The van der Waals surface area contributed by atoms with Gasteiger partial charge < -0.3 is 14.6 Å². The maximum Gasteiger partial charge on any atom is 0.130 e. The van der Waals surface area contributed by atoms with Crippen molar-refractivity contribution in [2.45, 2.75) is 59.3 Å². The summed E-state index contributed by atoms with van der Waals surface area (Å²) in [5.74, 6) is 1.79. The van der Waals surface area contributed by atoms with Crippen LogP contribution in [0.3, 0.4) is 0 Å². The zero-order valence-electron chi connectivity index (χ0n) is 23.2. The molecule has 0 aliphatic carbocycles. The Morgan fingerprint density at radius 3 is 2.19 bits per heavy atom. The molecule has 37 heavy (non-hydrogen) atoms. The SMILES string of the molecule is CC/C(C)=C\c1c(OC)c(Cc2c(OCCO)c(C(C)(C)CC)cc3ccccc23)cc2ccccc12. The summed E-state index contributed by atoms with van der Waals surface area (Å²) in [6, 6.07) is 21.6. The normalized spacial score (nSPS) is 12.4. The summed E-state index contributed by atoms with van der Waals surface area (Å²) in [6.07, 6.45) is 4.89. The Balaban J connectivity index is 2.04. The van der Waals surface area contributed by atoms with Gasteiger partial charge in [0.1, 0.15) is 18.1 Å². The number of aliphatic hydroxyl groups is 1. The highest BCUT2D eigenvalue weighted by Crippen LogP contribution is 2.43. The minimum Gasteiger partial charge on any atom is -0.496 e. The van der Waals surface area contributed by atoms with E-state index >= 15 is 0 Å². The summed E-state index contributed by atoms with van der Waals surface area (Å²) in [5, 5.41) is 14.4. The third-order valence-electron chi connectivity index (χ3n) is 7.69. The fourth-order valence-electron chi connectivity index (χ4n) is 5.06. The fraction of sp³-hybridized carbons (Fsp3) is 0.353. The highest BCUT2D eigenvalue weighted by atomic mass is 16.5. The molecule has 4 rings (SSSR count). The number of fused-ring (bicyclic) bond motifs is 2. The molecule has 194 valence electrons. The van der Waals surface area contributed by atoms with Gasteiger partial charge in [0.25, 0.3) is 0 Å². The molecule has 0 unspecified atom stereocenters. The van der Waals surface area contributed by atoms with E-state index in [1.54, 1.807) is 7.11 Å². The van der Waals surface area contributed by atoms with Crippen LogP contribution in [-0.4, -0.2) is 25.4 Å². The van der Waals surface area contributed by atoms with Gasteiger partial charge in [0, 0.05) is 23.1 Å². The van der Waals surface area contributed by atoms with Gasteiger partial charge in [0.2, 0.25) is 0 Å². The zero-order valence-corrected chi connectivity index (χ0v) is 23.2. The van der Waals surface area contributed by atoms with Crippen molar-refractivity contribution in [3.8, 4) is 11.5 Å². The Labute approximate surface area is 221 Å². The average Bonchev–Trinajstić information content (AvgIpc) is 2.92. The Morgan fingerprint density at radius 2 is 1.57 bits per heavy atom. The first-order valence-corrected chi connectivity index (χ1v) is 13.4. The van der Waals surface area contributed by atoms with Crippen LogP contribution >= 0.6 is 0 Å². The zero-order chi connectivity index (χ0) is 26.6. The number of hydrogen-bond acceptors (Lipinski definition) is 3. The van der Waals surface area contributed by atoms with E-state index in [2.05, 4.69) is 101 Å². The van der Waals surface area contributed by atoms with Gasteiger partial charge in [-0.05, 0) is 64.4 Å². The smallest absolute Gasteiger partial charge is 0.130 e. The summed E-state index contributed by atoms with van der Waals surface area (Å²) in [7, 11) is 1.77. The van der Waals surface area contributed by atoms with Gasteiger partial charge in [0.15, 0.2) is 0 Å². The van der Waals surface area contributed by atoms with Crippen LogP contribution in [0.1, 0.15) is 69.7 Å². The Kier molecular flexibility index (Phi) is 8.24. The van der Waals surface area contributed by atoms with Crippen molar-refractivity contribution in [2.75, 3.05) is 20.3 Å². The van der Waals surface area contributed by atoms with Crippen molar-refractivity contribution in [1.82, 2.24) is 0 Å². The minimum atomic E-state index is -0.0802. The second-order valence-electron chi connectivity index (χ2n) is 10.5. The van der Waals surface area contributed by atoms with Crippen molar-refractivity contribution in [3.63, 3.8) is 0 Å². The molecule has 0 bridgehead atoms. The van der Waals surface area contributed by atoms with Crippen LogP contribution in [0, 0.1) is 0 Å². The van der Waals surface area contributed by atoms with E-state index in [0.29, 0.717) is 6.42 Å². The second kappa shape index (κ2) is 11.4. The van der Waals surface area contributed by atoms with Crippen molar-refractivity contribution in [1.29, 1.82) is 0 Å². The number of rotatable bonds is 10. The second-order valence-corrected chi connectivity index (χ2v) is 10.5. The number of methoxy groups -OCH3 is 1. The molecule has 4 aromatic carbocycles. The fourth-order valence-corrected chi connectivity index (χ4v) is 5.06. The summed E-state index contributed by atoms with van der Waals surface area (Å²) in [4.78, 5) is 0. The molecule has 0 amide bonds. The van der Waals surface area contributed by atoms with Crippen LogP contribution in [0.2, 0.25) is 0 Å². The molecule has 0 atom stereocenters. The van der Waals surface area contributed by atoms with Crippen LogP contribution in [-0.2, 0) is 11.8 Å². The van der Waals surface area contributed by atoms with Gasteiger partial charge in [0.05, 0.1) is 13.7 Å². The molecule has 1 N–H and O–H groups in total. The van der Waals surface area contributed by atoms with Gasteiger partial charge in [-0.2, -0.15) is 0 Å². The van der Waals surface area contributed by atoms with E-state index in [9.17, 15) is 5.11 Å². The first-order chi connectivity index (χ1) is 17.8. The van der Waals surface area contributed by atoms with Crippen molar-refractivity contribution in [2.24, 2.45) is 0 Å². The lowest BCUT2D eigenvalue weighted by Crippen LogP contribution is -2.19. The monoisotopic (exact) mass is 496 g/mol. The van der Waals surface area contributed by atoms with E-state index in [4.69, 9.17) is 9.47 Å². The molecule has 0 aliphatic rings. The van der Waals surface area contributed by atoms with E-state index in [1.807, 2.05) is 0 Å².